The van der Waals surface area contributed by atoms with Crippen LogP contribution < -0.4 is 5.32 Å². The minimum absolute atomic E-state index is 0.0549. The monoisotopic (exact) mass is 486 g/mol. The quantitative estimate of drug-likeness (QED) is 0.436. The summed E-state index contributed by atoms with van der Waals surface area (Å²) in [6, 6.07) is 19.6. The summed E-state index contributed by atoms with van der Waals surface area (Å²) in [7, 11) is -3.95. The molecule has 1 amide bonds. The van der Waals surface area contributed by atoms with Crippen LogP contribution in [0.5, 0.6) is 0 Å². The van der Waals surface area contributed by atoms with Gasteiger partial charge in [-0.3, -0.25) is 4.79 Å². The third-order valence-corrected chi connectivity index (χ3v) is 7.79. The molecular weight excluding hydrogens is 459 g/mol. The summed E-state index contributed by atoms with van der Waals surface area (Å²) in [4.78, 5) is 14.1. The molecule has 0 saturated heterocycles. The molecule has 3 aromatic rings. The van der Waals surface area contributed by atoms with Crippen molar-refractivity contribution in [2.24, 2.45) is 0 Å². The lowest BCUT2D eigenvalue weighted by Crippen LogP contribution is -2.41. The molecule has 0 bridgehead atoms. The Kier molecular flexibility index (Phi) is 8.29. The number of carbonyl (C=O) groups excluding carboxylic acids is 1. The van der Waals surface area contributed by atoms with Crippen LogP contribution >= 0.6 is 11.8 Å². The number of nitrogens with one attached hydrogen (secondary N) is 1. The minimum Gasteiger partial charge on any atom is -0.348 e. The van der Waals surface area contributed by atoms with Gasteiger partial charge in [-0.15, -0.1) is 11.8 Å². The van der Waals surface area contributed by atoms with Crippen LogP contribution in [-0.2, 0) is 21.4 Å². The van der Waals surface area contributed by atoms with E-state index in [0.29, 0.717) is 5.56 Å². The van der Waals surface area contributed by atoms with Gasteiger partial charge in [0.05, 0.1) is 17.5 Å². The second kappa shape index (κ2) is 11.0. The summed E-state index contributed by atoms with van der Waals surface area (Å²) in [5, 5.41) is 2.88. The number of rotatable bonds is 9. The third-order valence-electron chi connectivity index (χ3n) is 5.24. The Bertz CT molecular complexity index is 1180. The van der Waals surface area contributed by atoms with Crippen LogP contribution in [0.4, 0.5) is 4.39 Å². The molecule has 33 heavy (non-hydrogen) atoms. The second-order valence-corrected chi connectivity index (χ2v) is 10.6. The molecule has 8 heteroatoms. The van der Waals surface area contributed by atoms with Gasteiger partial charge in [-0.2, -0.15) is 4.31 Å². The molecule has 5 nitrogen and oxygen atoms in total. The molecule has 0 aliphatic rings. The van der Waals surface area contributed by atoms with Gasteiger partial charge in [0.1, 0.15) is 5.82 Å². The predicted octanol–water partition coefficient (Wildman–Crippen LogP) is 4.92. The molecule has 0 aromatic heterocycles. The van der Waals surface area contributed by atoms with Gasteiger partial charge in [0, 0.05) is 11.4 Å². The van der Waals surface area contributed by atoms with E-state index in [1.54, 1.807) is 23.9 Å². The fraction of sp³-hybridized carbons (Fsp3) is 0.240. The Morgan fingerprint density at radius 3 is 2.18 bits per heavy atom. The summed E-state index contributed by atoms with van der Waals surface area (Å²) >= 11 is 1.63. The molecule has 0 aliphatic carbocycles. The van der Waals surface area contributed by atoms with E-state index in [9.17, 15) is 17.6 Å². The van der Waals surface area contributed by atoms with Gasteiger partial charge in [0.25, 0.3) is 0 Å². The summed E-state index contributed by atoms with van der Waals surface area (Å²) in [5.41, 5.74) is 2.44. The Labute approximate surface area is 199 Å². The number of aryl methyl sites for hydroxylation is 1. The Balaban J connectivity index is 1.81. The number of hydrogen-bond acceptors (Lipinski definition) is 4. The molecule has 0 fully saturated rings. The summed E-state index contributed by atoms with van der Waals surface area (Å²) in [5.74, 6) is -0.833. The van der Waals surface area contributed by atoms with Crippen LogP contribution in [0.25, 0.3) is 0 Å². The van der Waals surface area contributed by atoms with Crippen molar-refractivity contribution in [1.82, 2.24) is 9.62 Å². The van der Waals surface area contributed by atoms with Gasteiger partial charge in [0.2, 0.25) is 15.9 Å². The van der Waals surface area contributed by atoms with E-state index in [-0.39, 0.29) is 24.0 Å². The van der Waals surface area contributed by atoms with Crippen molar-refractivity contribution < 1.29 is 17.6 Å². The molecule has 3 rings (SSSR count). The second-order valence-electron chi connectivity index (χ2n) is 7.77. The van der Waals surface area contributed by atoms with Gasteiger partial charge in [-0.25, -0.2) is 12.8 Å². The zero-order valence-corrected chi connectivity index (χ0v) is 20.4. The number of halogens is 1. The van der Waals surface area contributed by atoms with Crippen LogP contribution in [0.1, 0.15) is 29.7 Å². The number of benzene rings is 3. The lowest BCUT2D eigenvalue weighted by atomic mass is 10.1. The van der Waals surface area contributed by atoms with E-state index < -0.39 is 21.7 Å². The van der Waals surface area contributed by atoms with Crippen molar-refractivity contribution in [3.8, 4) is 0 Å². The van der Waals surface area contributed by atoms with Gasteiger partial charge in [0.15, 0.2) is 0 Å². The number of sulfonamides is 1. The number of thioether (sulfide) groups is 1. The average Bonchev–Trinajstić information content (AvgIpc) is 2.80. The van der Waals surface area contributed by atoms with Crippen molar-refractivity contribution in [3.63, 3.8) is 0 Å². The number of hydrogen-bond donors (Lipinski definition) is 1. The van der Waals surface area contributed by atoms with Crippen molar-refractivity contribution in [3.05, 3.63) is 95.3 Å². The van der Waals surface area contributed by atoms with E-state index in [2.05, 4.69) is 5.32 Å². The third kappa shape index (κ3) is 6.66. The molecule has 1 atom stereocenters. The fourth-order valence-corrected chi connectivity index (χ4v) is 5.09. The van der Waals surface area contributed by atoms with Crippen molar-refractivity contribution >= 4 is 27.7 Å². The van der Waals surface area contributed by atoms with Crippen molar-refractivity contribution in [2.75, 3.05) is 12.8 Å². The van der Waals surface area contributed by atoms with Crippen LogP contribution in [0.2, 0.25) is 0 Å². The van der Waals surface area contributed by atoms with Crippen LogP contribution in [-0.4, -0.2) is 31.4 Å². The zero-order chi connectivity index (χ0) is 24.0. The summed E-state index contributed by atoms with van der Waals surface area (Å²) in [6.45, 7) is 3.31. The predicted molar refractivity (Wildman–Crippen MR) is 130 cm³/mol. The Morgan fingerprint density at radius 2 is 1.61 bits per heavy atom. The molecule has 174 valence electrons. The first kappa shape index (κ1) is 25.0. The zero-order valence-electron chi connectivity index (χ0n) is 18.8. The molecular formula is C25H27FN2O3S2. The van der Waals surface area contributed by atoms with Crippen LogP contribution in [0.15, 0.2) is 82.6 Å². The number of amides is 1. The highest BCUT2D eigenvalue weighted by atomic mass is 32.2. The van der Waals surface area contributed by atoms with E-state index in [0.717, 1.165) is 20.3 Å². The molecule has 3 aromatic carbocycles. The number of carbonyl (C=O) groups is 1. The number of nitrogens with zero attached hydrogens (tertiary/aromatic N) is 1. The van der Waals surface area contributed by atoms with E-state index in [4.69, 9.17) is 0 Å². The first-order valence-corrected chi connectivity index (χ1v) is 13.1. The smallest absolute Gasteiger partial charge is 0.243 e. The summed E-state index contributed by atoms with van der Waals surface area (Å²) in [6.07, 6.45) is 1.99. The van der Waals surface area contributed by atoms with Crippen molar-refractivity contribution in [1.29, 1.82) is 0 Å². The fourth-order valence-electron chi connectivity index (χ4n) is 3.30. The molecule has 0 radical (unpaired) electrons. The highest BCUT2D eigenvalue weighted by Gasteiger charge is 2.27. The molecule has 0 heterocycles. The SMILES string of the molecule is CSc1ccc([C@H](C)NC(=O)CN(Cc2ccc(F)cc2)S(=O)(=O)c2ccc(C)cc2)cc1. The molecule has 0 aliphatic heterocycles. The molecule has 0 spiro atoms. The first-order chi connectivity index (χ1) is 15.7. The average molecular weight is 487 g/mol. The van der Waals surface area contributed by atoms with Crippen LogP contribution in [0.3, 0.4) is 0 Å². The topological polar surface area (TPSA) is 66.5 Å². The van der Waals surface area contributed by atoms with Gasteiger partial charge in [-0.05, 0) is 67.6 Å². The van der Waals surface area contributed by atoms with Gasteiger partial charge < -0.3 is 5.32 Å². The minimum atomic E-state index is -3.95. The molecule has 0 saturated carbocycles. The molecule has 1 N–H and O–H groups in total. The lowest BCUT2D eigenvalue weighted by molar-refractivity contribution is -0.122. The lowest BCUT2D eigenvalue weighted by Gasteiger charge is -2.23. The van der Waals surface area contributed by atoms with E-state index in [1.807, 2.05) is 44.4 Å². The standard InChI is InChI=1S/C25H27FN2O3S2/c1-18-4-14-24(15-5-18)33(30,31)28(16-20-6-10-22(26)11-7-20)17-25(29)27-19(2)21-8-12-23(32-3)13-9-21/h4-15,19H,16-17H2,1-3H3,(H,27,29)/t19-/m0/s1. The normalized spacial score (nSPS) is 12.5. The maximum Gasteiger partial charge on any atom is 0.243 e. The maximum atomic E-state index is 13.3. The van der Waals surface area contributed by atoms with E-state index >= 15 is 0 Å². The molecule has 0 unspecified atom stereocenters. The Hall–Kier alpha value is -2.68. The highest BCUT2D eigenvalue weighted by Crippen LogP contribution is 2.21. The highest BCUT2D eigenvalue weighted by molar-refractivity contribution is 7.98. The van der Waals surface area contributed by atoms with Crippen molar-refractivity contribution in [2.45, 2.75) is 36.2 Å². The largest absolute Gasteiger partial charge is 0.348 e. The van der Waals surface area contributed by atoms with Crippen LogP contribution in [0, 0.1) is 12.7 Å². The summed E-state index contributed by atoms with van der Waals surface area (Å²) < 4.78 is 41.1. The Morgan fingerprint density at radius 1 is 1.00 bits per heavy atom. The first-order valence-electron chi connectivity index (χ1n) is 10.4. The van der Waals surface area contributed by atoms with E-state index in [1.165, 1.54) is 36.4 Å². The van der Waals surface area contributed by atoms with Gasteiger partial charge >= 0.3 is 0 Å². The maximum absolute atomic E-state index is 13.3. The van der Waals surface area contributed by atoms with Gasteiger partial charge in [-0.1, -0.05) is 42.0 Å².